The molecule has 0 radical (unpaired) electrons. The summed E-state index contributed by atoms with van der Waals surface area (Å²) in [6.45, 7) is 4.61. The van der Waals surface area contributed by atoms with Crippen LogP contribution >= 0.6 is 0 Å². The third-order valence-corrected chi connectivity index (χ3v) is 3.93. The van der Waals surface area contributed by atoms with Gasteiger partial charge in [-0.3, -0.25) is 4.98 Å². The molecule has 17 heavy (non-hydrogen) atoms. The summed E-state index contributed by atoms with van der Waals surface area (Å²) in [5.74, 6) is 1.98. The third kappa shape index (κ3) is 3.53. The summed E-state index contributed by atoms with van der Waals surface area (Å²) in [6.07, 6.45) is 7.84. The molecule has 94 valence electrons. The molecule has 2 rings (SSSR count). The van der Waals surface area contributed by atoms with Gasteiger partial charge in [-0.2, -0.15) is 0 Å². The Bertz CT molecular complexity index is 328. The van der Waals surface area contributed by atoms with Crippen molar-refractivity contribution in [3.63, 3.8) is 0 Å². The first-order valence-electron chi connectivity index (χ1n) is 6.72. The van der Waals surface area contributed by atoms with Gasteiger partial charge in [-0.25, -0.2) is 0 Å². The number of hydrogen-bond acceptors (Lipinski definition) is 2. The number of aromatic nitrogens is 1. The van der Waals surface area contributed by atoms with E-state index in [1.807, 2.05) is 18.3 Å². The summed E-state index contributed by atoms with van der Waals surface area (Å²) in [6, 6.07) is 3.99. The molecule has 0 bridgehead atoms. The van der Waals surface area contributed by atoms with Crippen LogP contribution in [0.1, 0.15) is 38.7 Å². The van der Waals surface area contributed by atoms with Crippen LogP contribution in [0.2, 0.25) is 0 Å². The quantitative estimate of drug-likeness (QED) is 0.870. The lowest BCUT2D eigenvalue weighted by Gasteiger charge is -2.34. The van der Waals surface area contributed by atoms with Crippen molar-refractivity contribution in [1.82, 2.24) is 4.98 Å². The number of rotatable bonds is 3. The van der Waals surface area contributed by atoms with Crippen LogP contribution in [0.4, 0.5) is 0 Å². The Hall–Kier alpha value is -0.890. The zero-order chi connectivity index (χ0) is 12.3. The van der Waals surface area contributed by atoms with Crippen molar-refractivity contribution in [2.24, 2.45) is 17.8 Å². The highest BCUT2D eigenvalue weighted by Crippen LogP contribution is 2.35. The van der Waals surface area contributed by atoms with Crippen LogP contribution in [-0.2, 0) is 6.42 Å². The van der Waals surface area contributed by atoms with Gasteiger partial charge in [0.1, 0.15) is 0 Å². The lowest BCUT2D eigenvalue weighted by Crippen LogP contribution is -2.30. The summed E-state index contributed by atoms with van der Waals surface area (Å²) >= 11 is 0. The summed E-state index contributed by atoms with van der Waals surface area (Å²) in [5, 5.41) is 10.3. The van der Waals surface area contributed by atoms with Crippen molar-refractivity contribution in [3.05, 3.63) is 30.1 Å². The molecule has 1 N–H and O–H groups in total. The molecule has 1 fully saturated rings. The maximum absolute atomic E-state index is 10.3. The van der Waals surface area contributed by atoms with Crippen LogP contribution in [0.5, 0.6) is 0 Å². The van der Waals surface area contributed by atoms with Crippen molar-refractivity contribution >= 4 is 0 Å². The van der Waals surface area contributed by atoms with E-state index in [4.69, 9.17) is 0 Å². The Morgan fingerprint density at radius 1 is 1.29 bits per heavy atom. The molecule has 1 saturated carbocycles. The Morgan fingerprint density at radius 2 is 2.00 bits per heavy atom. The predicted octanol–water partition coefficient (Wildman–Crippen LogP) is 3.06. The van der Waals surface area contributed by atoms with Crippen LogP contribution in [0.25, 0.3) is 0 Å². The fourth-order valence-electron chi connectivity index (χ4n) is 3.25. The Morgan fingerprint density at radius 3 is 2.59 bits per heavy atom. The summed E-state index contributed by atoms with van der Waals surface area (Å²) in [5.41, 5.74) is 1.14. The molecule has 0 aromatic carbocycles. The lowest BCUT2D eigenvalue weighted by molar-refractivity contribution is 0.0561. The monoisotopic (exact) mass is 233 g/mol. The van der Waals surface area contributed by atoms with Gasteiger partial charge in [0, 0.05) is 18.8 Å². The Kier molecular flexibility index (Phi) is 4.16. The van der Waals surface area contributed by atoms with E-state index in [9.17, 15) is 5.11 Å². The van der Waals surface area contributed by atoms with E-state index in [0.29, 0.717) is 5.92 Å². The highest BCUT2D eigenvalue weighted by molar-refractivity contribution is 5.10. The van der Waals surface area contributed by atoms with Crippen molar-refractivity contribution in [2.75, 3.05) is 0 Å². The van der Waals surface area contributed by atoms with E-state index >= 15 is 0 Å². The van der Waals surface area contributed by atoms with Crippen LogP contribution in [-0.4, -0.2) is 16.2 Å². The van der Waals surface area contributed by atoms with E-state index in [-0.39, 0.29) is 6.10 Å². The third-order valence-electron chi connectivity index (χ3n) is 3.93. The highest BCUT2D eigenvalue weighted by atomic mass is 16.3. The molecule has 3 atom stereocenters. The Labute approximate surface area is 104 Å². The first kappa shape index (κ1) is 12.6. The van der Waals surface area contributed by atoms with Gasteiger partial charge < -0.3 is 5.11 Å². The smallest absolute Gasteiger partial charge is 0.0609 e. The topological polar surface area (TPSA) is 33.1 Å². The standard InChI is InChI=1S/C15H23NO/c1-11-6-12(2)8-14(7-11)15(17)9-13-4-3-5-16-10-13/h3-5,10-12,14-15,17H,6-9H2,1-2H3. The lowest BCUT2D eigenvalue weighted by atomic mass is 9.73. The molecule has 0 aliphatic heterocycles. The number of pyridine rings is 1. The van der Waals surface area contributed by atoms with Gasteiger partial charge in [0.15, 0.2) is 0 Å². The molecule has 0 amide bonds. The minimum absolute atomic E-state index is 0.204. The second-order valence-corrected chi connectivity index (χ2v) is 5.81. The molecule has 0 saturated heterocycles. The van der Waals surface area contributed by atoms with Gasteiger partial charge in [0.25, 0.3) is 0 Å². The largest absolute Gasteiger partial charge is 0.392 e. The van der Waals surface area contributed by atoms with Crippen LogP contribution < -0.4 is 0 Å². The van der Waals surface area contributed by atoms with Crippen molar-refractivity contribution in [3.8, 4) is 0 Å². The summed E-state index contributed by atoms with van der Waals surface area (Å²) < 4.78 is 0. The van der Waals surface area contributed by atoms with Gasteiger partial charge >= 0.3 is 0 Å². The zero-order valence-electron chi connectivity index (χ0n) is 10.8. The van der Waals surface area contributed by atoms with Crippen LogP contribution in [0.15, 0.2) is 24.5 Å². The second kappa shape index (κ2) is 5.63. The van der Waals surface area contributed by atoms with E-state index in [2.05, 4.69) is 18.8 Å². The maximum atomic E-state index is 10.3. The average molecular weight is 233 g/mol. The molecular formula is C15H23NO. The van der Waals surface area contributed by atoms with Crippen molar-refractivity contribution in [2.45, 2.75) is 45.6 Å². The van der Waals surface area contributed by atoms with E-state index < -0.39 is 0 Å². The van der Waals surface area contributed by atoms with Gasteiger partial charge in [-0.05, 0) is 48.6 Å². The number of hydrogen-bond donors (Lipinski definition) is 1. The molecule has 1 aromatic rings. The first-order valence-corrected chi connectivity index (χ1v) is 6.72. The predicted molar refractivity (Wildman–Crippen MR) is 69.6 cm³/mol. The highest BCUT2D eigenvalue weighted by Gasteiger charge is 2.28. The number of nitrogens with zero attached hydrogens (tertiary/aromatic N) is 1. The Balaban J connectivity index is 1.93. The molecule has 0 spiro atoms. The molecule has 3 unspecified atom stereocenters. The maximum Gasteiger partial charge on any atom is 0.0609 e. The summed E-state index contributed by atoms with van der Waals surface area (Å²) in [7, 11) is 0. The van der Waals surface area contributed by atoms with Gasteiger partial charge in [0.05, 0.1) is 6.10 Å². The minimum Gasteiger partial charge on any atom is -0.392 e. The molecule has 1 aliphatic carbocycles. The molecule has 1 aliphatic rings. The fourth-order valence-corrected chi connectivity index (χ4v) is 3.25. The van der Waals surface area contributed by atoms with Crippen molar-refractivity contribution < 1.29 is 5.11 Å². The number of aliphatic hydroxyl groups excluding tert-OH is 1. The molecule has 2 heteroatoms. The normalized spacial score (nSPS) is 31.1. The van der Waals surface area contributed by atoms with Crippen LogP contribution in [0, 0.1) is 17.8 Å². The minimum atomic E-state index is -0.204. The zero-order valence-corrected chi connectivity index (χ0v) is 10.8. The van der Waals surface area contributed by atoms with E-state index in [1.165, 1.54) is 19.3 Å². The summed E-state index contributed by atoms with van der Waals surface area (Å²) in [4.78, 5) is 4.10. The average Bonchev–Trinajstić information content (AvgIpc) is 2.29. The van der Waals surface area contributed by atoms with Gasteiger partial charge in [0.2, 0.25) is 0 Å². The second-order valence-electron chi connectivity index (χ2n) is 5.81. The molecule has 1 heterocycles. The fraction of sp³-hybridized carbons (Fsp3) is 0.667. The van der Waals surface area contributed by atoms with Gasteiger partial charge in [-0.1, -0.05) is 19.9 Å². The first-order chi connectivity index (χ1) is 8.15. The number of aliphatic hydroxyl groups is 1. The SMILES string of the molecule is CC1CC(C)CC(C(O)Cc2cccnc2)C1. The molecule has 1 aromatic heterocycles. The molecule has 2 nitrogen and oxygen atoms in total. The van der Waals surface area contributed by atoms with Crippen LogP contribution in [0.3, 0.4) is 0 Å². The van der Waals surface area contributed by atoms with Gasteiger partial charge in [-0.15, -0.1) is 0 Å². The molecular weight excluding hydrogens is 210 g/mol. The van der Waals surface area contributed by atoms with Crippen molar-refractivity contribution in [1.29, 1.82) is 0 Å². The van der Waals surface area contributed by atoms with E-state index in [1.54, 1.807) is 6.20 Å². The van der Waals surface area contributed by atoms with E-state index in [0.717, 1.165) is 23.8 Å².